The second kappa shape index (κ2) is 5.49. The van der Waals surface area contributed by atoms with Gasteiger partial charge < -0.3 is 5.73 Å². The Balaban J connectivity index is 2.07. The molecule has 17 heavy (non-hydrogen) atoms. The van der Waals surface area contributed by atoms with Gasteiger partial charge in [0.1, 0.15) is 5.82 Å². The predicted octanol–water partition coefficient (Wildman–Crippen LogP) is 3.89. The zero-order valence-corrected chi connectivity index (χ0v) is 11.7. The summed E-state index contributed by atoms with van der Waals surface area (Å²) in [5.41, 5.74) is 7.26. The number of hydrogen-bond acceptors (Lipinski definition) is 1. The summed E-state index contributed by atoms with van der Waals surface area (Å²) in [6.07, 6.45) is 4.54. The van der Waals surface area contributed by atoms with E-state index in [1.54, 1.807) is 12.1 Å². The maximum atomic E-state index is 13.2. The highest BCUT2D eigenvalue weighted by Crippen LogP contribution is 2.34. The van der Waals surface area contributed by atoms with Crippen molar-refractivity contribution in [2.45, 2.75) is 38.6 Å². The minimum atomic E-state index is -0.185. The highest BCUT2D eigenvalue weighted by atomic mass is 79.9. The molecule has 1 aromatic rings. The largest absolute Gasteiger partial charge is 0.327 e. The van der Waals surface area contributed by atoms with Gasteiger partial charge in [0.2, 0.25) is 0 Å². The molecule has 0 amide bonds. The standard InChI is InChI=1S/C14H19BrFN/c1-9-3-2-4-12(9)14(17)8-10-7-11(16)5-6-13(10)15/h5-7,9,12,14H,2-4,8,17H2,1H3. The van der Waals surface area contributed by atoms with Crippen molar-refractivity contribution in [2.75, 3.05) is 0 Å². The van der Waals surface area contributed by atoms with Crippen molar-refractivity contribution in [1.29, 1.82) is 0 Å². The summed E-state index contributed by atoms with van der Waals surface area (Å²) in [7, 11) is 0. The molecule has 1 saturated carbocycles. The fourth-order valence-electron chi connectivity index (χ4n) is 2.92. The Bertz CT molecular complexity index is 394. The Morgan fingerprint density at radius 3 is 2.88 bits per heavy atom. The first-order valence-corrected chi connectivity index (χ1v) is 7.06. The molecule has 0 spiro atoms. The SMILES string of the molecule is CC1CCCC1C(N)Cc1cc(F)ccc1Br. The van der Waals surface area contributed by atoms with Crippen LogP contribution in [0, 0.1) is 17.7 Å². The van der Waals surface area contributed by atoms with Gasteiger partial charge in [-0.15, -0.1) is 0 Å². The Labute approximate surface area is 111 Å². The molecule has 1 nitrogen and oxygen atoms in total. The molecule has 2 N–H and O–H groups in total. The van der Waals surface area contributed by atoms with E-state index in [4.69, 9.17) is 5.73 Å². The molecule has 1 aromatic carbocycles. The van der Waals surface area contributed by atoms with E-state index < -0.39 is 0 Å². The van der Waals surface area contributed by atoms with Gasteiger partial charge in [-0.2, -0.15) is 0 Å². The summed E-state index contributed by atoms with van der Waals surface area (Å²) in [6.45, 7) is 2.28. The number of benzene rings is 1. The van der Waals surface area contributed by atoms with Crippen molar-refractivity contribution in [3.05, 3.63) is 34.1 Å². The zero-order chi connectivity index (χ0) is 12.4. The van der Waals surface area contributed by atoms with Crippen molar-refractivity contribution in [3.63, 3.8) is 0 Å². The number of nitrogens with two attached hydrogens (primary N) is 1. The van der Waals surface area contributed by atoms with Crippen molar-refractivity contribution >= 4 is 15.9 Å². The fourth-order valence-corrected chi connectivity index (χ4v) is 3.32. The zero-order valence-electron chi connectivity index (χ0n) is 10.1. The van der Waals surface area contributed by atoms with Gasteiger partial charge in [-0.25, -0.2) is 4.39 Å². The molecule has 0 aliphatic heterocycles. The monoisotopic (exact) mass is 299 g/mol. The van der Waals surface area contributed by atoms with Gasteiger partial charge in [0, 0.05) is 10.5 Å². The molecular formula is C14H19BrFN. The van der Waals surface area contributed by atoms with Crippen LogP contribution in [0.5, 0.6) is 0 Å². The van der Waals surface area contributed by atoms with E-state index >= 15 is 0 Å². The van der Waals surface area contributed by atoms with Crippen molar-refractivity contribution in [2.24, 2.45) is 17.6 Å². The van der Waals surface area contributed by atoms with E-state index in [1.807, 2.05) is 0 Å². The second-order valence-corrected chi connectivity index (χ2v) is 6.03. The third kappa shape index (κ3) is 3.08. The molecule has 3 heteroatoms. The van der Waals surface area contributed by atoms with E-state index in [1.165, 1.54) is 25.3 Å². The van der Waals surface area contributed by atoms with Gasteiger partial charge in [-0.3, -0.25) is 0 Å². The second-order valence-electron chi connectivity index (χ2n) is 5.18. The Hall–Kier alpha value is -0.410. The van der Waals surface area contributed by atoms with E-state index in [0.717, 1.165) is 16.5 Å². The lowest BCUT2D eigenvalue weighted by Gasteiger charge is -2.23. The highest BCUT2D eigenvalue weighted by molar-refractivity contribution is 9.10. The summed E-state index contributed by atoms with van der Waals surface area (Å²) < 4.78 is 14.1. The maximum Gasteiger partial charge on any atom is 0.123 e. The molecule has 3 atom stereocenters. The lowest BCUT2D eigenvalue weighted by molar-refractivity contribution is 0.343. The first-order valence-electron chi connectivity index (χ1n) is 6.27. The van der Waals surface area contributed by atoms with Crippen LogP contribution in [-0.2, 0) is 6.42 Å². The summed E-state index contributed by atoms with van der Waals surface area (Å²) >= 11 is 3.46. The lowest BCUT2D eigenvalue weighted by atomic mass is 9.87. The van der Waals surface area contributed by atoms with Crippen LogP contribution >= 0.6 is 15.9 Å². The van der Waals surface area contributed by atoms with Crippen LogP contribution in [-0.4, -0.2) is 6.04 Å². The van der Waals surface area contributed by atoms with Crippen molar-refractivity contribution < 1.29 is 4.39 Å². The summed E-state index contributed by atoms with van der Waals surface area (Å²) in [6, 6.07) is 4.96. The molecule has 94 valence electrons. The molecular weight excluding hydrogens is 281 g/mol. The van der Waals surface area contributed by atoms with Gasteiger partial charge in [0.15, 0.2) is 0 Å². The Kier molecular flexibility index (Phi) is 4.21. The van der Waals surface area contributed by atoms with Crippen LogP contribution in [0.15, 0.2) is 22.7 Å². The summed E-state index contributed by atoms with van der Waals surface area (Å²) in [4.78, 5) is 0. The van der Waals surface area contributed by atoms with Gasteiger partial charge in [0.25, 0.3) is 0 Å². The quantitative estimate of drug-likeness (QED) is 0.900. The van der Waals surface area contributed by atoms with Crippen LogP contribution in [0.3, 0.4) is 0 Å². The lowest BCUT2D eigenvalue weighted by Crippen LogP contribution is -2.33. The number of halogens is 2. The maximum absolute atomic E-state index is 13.2. The number of hydrogen-bond donors (Lipinski definition) is 1. The molecule has 0 bridgehead atoms. The summed E-state index contributed by atoms with van der Waals surface area (Å²) in [5, 5.41) is 0. The van der Waals surface area contributed by atoms with Crippen LogP contribution in [0.1, 0.15) is 31.7 Å². The Morgan fingerprint density at radius 1 is 1.47 bits per heavy atom. The molecule has 0 radical (unpaired) electrons. The fraction of sp³-hybridized carbons (Fsp3) is 0.571. The normalized spacial score (nSPS) is 26.1. The molecule has 2 rings (SSSR count). The average Bonchev–Trinajstić information content (AvgIpc) is 2.70. The molecule has 0 heterocycles. The van der Waals surface area contributed by atoms with E-state index in [0.29, 0.717) is 11.8 Å². The van der Waals surface area contributed by atoms with Gasteiger partial charge in [-0.1, -0.05) is 35.7 Å². The summed E-state index contributed by atoms with van der Waals surface area (Å²) in [5.74, 6) is 1.11. The van der Waals surface area contributed by atoms with Gasteiger partial charge >= 0.3 is 0 Å². The van der Waals surface area contributed by atoms with E-state index in [-0.39, 0.29) is 11.9 Å². The van der Waals surface area contributed by atoms with Crippen LogP contribution in [0.4, 0.5) is 4.39 Å². The molecule has 0 saturated heterocycles. The van der Waals surface area contributed by atoms with Crippen LogP contribution in [0.2, 0.25) is 0 Å². The predicted molar refractivity (Wildman–Crippen MR) is 72.3 cm³/mol. The molecule has 0 aromatic heterocycles. The van der Waals surface area contributed by atoms with Gasteiger partial charge in [0.05, 0.1) is 0 Å². The minimum Gasteiger partial charge on any atom is -0.327 e. The van der Waals surface area contributed by atoms with Gasteiger partial charge in [-0.05, 0) is 48.4 Å². The third-order valence-electron chi connectivity index (χ3n) is 3.94. The third-order valence-corrected chi connectivity index (χ3v) is 4.71. The van der Waals surface area contributed by atoms with Crippen LogP contribution in [0.25, 0.3) is 0 Å². The first kappa shape index (κ1) is 13.0. The average molecular weight is 300 g/mol. The van der Waals surface area contributed by atoms with E-state index in [9.17, 15) is 4.39 Å². The van der Waals surface area contributed by atoms with Crippen molar-refractivity contribution in [3.8, 4) is 0 Å². The molecule has 1 fully saturated rings. The molecule has 3 unspecified atom stereocenters. The minimum absolute atomic E-state index is 0.144. The molecule has 1 aliphatic carbocycles. The highest BCUT2D eigenvalue weighted by Gasteiger charge is 2.28. The van der Waals surface area contributed by atoms with E-state index in [2.05, 4.69) is 22.9 Å². The molecule has 1 aliphatic rings. The number of rotatable bonds is 3. The van der Waals surface area contributed by atoms with Crippen molar-refractivity contribution in [1.82, 2.24) is 0 Å². The first-order chi connectivity index (χ1) is 8.08. The Morgan fingerprint density at radius 2 is 2.24 bits per heavy atom. The smallest absolute Gasteiger partial charge is 0.123 e. The van der Waals surface area contributed by atoms with Crippen LogP contribution < -0.4 is 5.73 Å². The topological polar surface area (TPSA) is 26.0 Å².